The summed E-state index contributed by atoms with van der Waals surface area (Å²) in [4.78, 5) is 30.4. The summed E-state index contributed by atoms with van der Waals surface area (Å²) in [5, 5.41) is 6.83. The number of halogens is 1. The lowest BCUT2D eigenvalue weighted by atomic mass is 10.1. The number of hydrogen-bond acceptors (Lipinski definition) is 7. The van der Waals surface area contributed by atoms with E-state index in [9.17, 15) is 14.0 Å². The number of fused-ring (bicyclic) bond motifs is 1. The van der Waals surface area contributed by atoms with Crippen LogP contribution in [-0.4, -0.2) is 54.7 Å². The van der Waals surface area contributed by atoms with Crippen molar-refractivity contribution in [3.63, 3.8) is 0 Å². The molecule has 0 saturated carbocycles. The van der Waals surface area contributed by atoms with Gasteiger partial charge in [-0.15, -0.1) is 0 Å². The number of nitrogens with one attached hydrogen (secondary N) is 1. The molecule has 11 heteroatoms. The Morgan fingerprint density at radius 2 is 1.91 bits per heavy atom. The number of carbonyl (C=O) groups is 2. The van der Waals surface area contributed by atoms with E-state index in [0.29, 0.717) is 22.6 Å². The smallest absolute Gasteiger partial charge is 0.412 e. The minimum Gasteiger partial charge on any atom is -0.494 e. The number of hydrogen-bond donors (Lipinski definition) is 1. The van der Waals surface area contributed by atoms with Gasteiger partial charge in [0.2, 0.25) is 0 Å². The zero-order chi connectivity index (χ0) is 24.9. The maximum atomic E-state index is 13.9. The Bertz CT molecular complexity index is 1370. The van der Waals surface area contributed by atoms with Gasteiger partial charge >= 0.3 is 6.09 Å². The van der Waals surface area contributed by atoms with Crippen LogP contribution in [0.25, 0.3) is 16.6 Å². The molecule has 0 saturated heterocycles. The first-order chi connectivity index (χ1) is 16.9. The van der Waals surface area contributed by atoms with E-state index in [1.54, 1.807) is 47.4 Å². The molecule has 35 heavy (non-hydrogen) atoms. The van der Waals surface area contributed by atoms with Crippen molar-refractivity contribution in [1.82, 2.24) is 14.6 Å². The topological polar surface area (TPSA) is 107 Å². The van der Waals surface area contributed by atoms with Crippen LogP contribution in [0.2, 0.25) is 0 Å². The van der Waals surface area contributed by atoms with Crippen LogP contribution in [-0.2, 0) is 9.47 Å². The standard InChI is InChI=1S/C24H22FN5O5/c1-33-14-29(17-5-6-19(25)21(11-17)34-2)23(31)15-8-9-30-20(10-15)18(13-27-30)16-4-7-22(26-12-16)28-24(32)35-3/h4-13H,14H2,1-3H3,(H,26,28,32). The molecule has 10 nitrogen and oxygen atoms in total. The number of ether oxygens (including phenoxy) is 3. The highest BCUT2D eigenvalue weighted by molar-refractivity contribution is 6.07. The van der Waals surface area contributed by atoms with Crippen LogP contribution in [0.15, 0.2) is 61.1 Å². The Morgan fingerprint density at radius 1 is 1.09 bits per heavy atom. The Labute approximate surface area is 199 Å². The summed E-state index contributed by atoms with van der Waals surface area (Å²) >= 11 is 0. The van der Waals surface area contributed by atoms with E-state index in [0.717, 1.165) is 11.1 Å². The molecular weight excluding hydrogens is 457 g/mol. The van der Waals surface area contributed by atoms with Crippen LogP contribution in [0.1, 0.15) is 10.4 Å². The first-order valence-corrected chi connectivity index (χ1v) is 10.4. The predicted molar refractivity (Wildman–Crippen MR) is 126 cm³/mol. The molecule has 4 aromatic rings. The number of methoxy groups -OCH3 is 3. The van der Waals surface area contributed by atoms with Crippen molar-refractivity contribution in [2.45, 2.75) is 0 Å². The van der Waals surface area contributed by atoms with E-state index in [1.807, 2.05) is 0 Å². The van der Waals surface area contributed by atoms with Gasteiger partial charge < -0.3 is 14.2 Å². The number of anilines is 2. The second kappa shape index (κ2) is 10.2. The van der Waals surface area contributed by atoms with Gasteiger partial charge in [0.25, 0.3) is 5.91 Å². The monoisotopic (exact) mass is 479 g/mol. The van der Waals surface area contributed by atoms with Crippen molar-refractivity contribution in [3.8, 4) is 16.9 Å². The Kier molecular flexibility index (Phi) is 6.88. The third-order valence-electron chi connectivity index (χ3n) is 5.21. The highest BCUT2D eigenvalue weighted by Gasteiger charge is 2.21. The van der Waals surface area contributed by atoms with Gasteiger partial charge in [0.1, 0.15) is 12.5 Å². The molecule has 2 amide bonds. The summed E-state index contributed by atoms with van der Waals surface area (Å²) in [6.07, 6.45) is 4.29. The van der Waals surface area contributed by atoms with Gasteiger partial charge in [-0.05, 0) is 36.4 Å². The predicted octanol–water partition coefficient (Wildman–Crippen LogP) is 3.97. The van der Waals surface area contributed by atoms with Gasteiger partial charge in [0.15, 0.2) is 11.6 Å². The van der Waals surface area contributed by atoms with Crippen molar-refractivity contribution < 1.29 is 28.2 Å². The Hall–Kier alpha value is -4.51. The zero-order valence-corrected chi connectivity index (χ0v) is 19.2. The number of rotatable bonds is 7. The van der Waals surface area contributed by atoms with Gasteiger partial charge in [-0.1, -0.05) is 0 Å². The van der Waals surface area contributed by atoms with Crippen LogP contribution in [0, 0.1) is 5.82 Å². The minimum atomic E-state index is -0.622. The van der Waals surface area contributed by atoms with Crippen molar-refractivity contribution in [2.75, 3.05) is 38.3 Å². The highest BCUT2D eigenvalue weighted by Crippen LogP contribution is 2.28. The third-order valence-corrected chi connectivity index (χ3v) is 5.21. The molecule has 0 atom stereocenters. The van der Waals surface area contributed by atoms with Crippen molar-refractivity contribution in [1.29, 1.82) is 0 Å². The Balaban J connectivity index is 1.67. The lowest BCUT2D eigenvalue weighted by Gasteiger charge is -2.22. The first-order valence-electron chi connectivity index (χ1n) is 10.4. The number of amides is 2. The van der Waals surface area contributed by atoms with Crippen LogP contribution < -0.4 is 15.0 Å². The van der Waals surface area contributed by atoms with E-state index in [1.165, 1.54) is 44.4 Å². The van der Waals surface area contributed by atoms with Crippen LogP contribution in [0.3, 0.4) is 0 Å². The highest BCUT2D eigenvalue weighted by atomic mass is 19.1. The second-order valence-electron chi connectivity index (χ2n) is 7.32. The van der Waals surface area contributed by atoms with E-state index in [-0.39, 0.29) is 18.4 Å². The van der Waals surface area contributed by atoms with Crippen molar-refractivity contribution in [2.24, 2.45) is 0 Å². The lowest BCUT2D eigenvalue weighted by molar-refractivity contribution is 0.0936. The third kappa shape index (κ3) is 4.89. The van der Waals surface area contributed by atoms with Crippen LogP contribution in [0.5, 0.6) is 5.75 Å². The number of pyridine rings is 2. The molecule has 0 aliphatic heterocycles. The molecule has 180 valence electrons. The fraction of sp³-hybridized carbons (Fsp3) is 0.167. The van der Waals surface area contributed by atoms with Crippen molar-refractivity contribution in [3.05, 3.63) is 72.4 Å². The normalized spacial score (nSPS) is 10.7. The molecular formula is C24H22FN5O5. The van der Waals surface area contributed by atoms with E-state index in [4.69, 9.17) is 9.47 Å². The number of nitrogens with zero attached hydrogens (tertiary/aromatic N) is 4. The summed E-state index contributed by atoms with van der Waals surface area (Å²) in [6, 6.07) is 10.9. The van der Waals surface area contributed by atoms with Gasteiger partial charge in [-0.3, -0.25) is 15.0 Å². The molecule has 1 N–H and O–H groups in total. The van der Waals surface area contributed by atoms with Gasteiger partial charge in [-0.2, -0.15) is 5.10 Å². The zero-order valence-electron chi connectivity index (χ0n) is 19.2. The molecule has 4 rings (SSSR count). The summed E-state index contributed by atoms with van der Waals surface area (Å²) in [5.41, 5.74) is 2.93. The van der Waals surface area contributed by atoms with E-state index >= 15 is 0 Å². The molecule has 3 aromatic heterocycles. The van der Waals surface area contributed by atoms with E-state index < -0.39 is 11.9 Å². The molecule has 3 heterocycles. The largest absolute Gasteiger partial charge is 0.494 e. The second-order valence-corrected chi connectivity index (χ2v) is 7.32. The van der Waals surface area contributed by atoms with Crippen LogP contribution >= 0.6 is 0 Å². The quantitative estimate of drug-likeness (QED) is 0.400. The minimum absolute atomic E-state index is 0.0163. The molecule has 0 aliphatic rings. The molecule has 0 fully saturated rings. The van der Waals surface area contributed by atoms with E-state index in [2.05, 4.69) is 20.1 Å². The number of benzene rings is 1. The van der Waals surface area contributed by atoms with Gasteiger partial charge in [0, 0.05) is 42.3 Å². The first kappa shape index (κ1) is 23.6. The Morgan fingerprint density at radius 3 is 2.60 bits per heavy atom. The molecule has 1 aromatic carbocycles. The SMILES string of the molecule is COCN(C(=O)c1ccn2ncc(-c3ccc(NC(=O)OC)nc3)c2c1)c1ccc(F)c(OC)c1. The van der Waals surface area contributed by atoms with Gasteiger partial charge in [-0.25, -0.2) is 18.7 Å². The molecule has 0 spiro atoms. The molecule has 0 unspecified atom stereocenters. The summed E-state index contributed by atoms with van der Waals surface area (Å²) in [6.45, 7) is -0.0521. The maximum Gasteiger partial charge on any atom is 0.412 e. The summed E-state index contributed by atoms with van der Waals surface area (Å²) in [5.74, 6) is -0.542. The average Bonchev–Trinajstić information content (AvgIpc) is 3.31. The molecule has 0 bridgehead atoms. The number of aromatic nitrogens is 3. The van der Waals surface area contributed by atoms with Gasteiger partial charge in [0.05, 0.1) is 31.6 Å². The molecule has 0 aliphatic carbocycles. The summed E-state index contributed by atoms with van der Waals surface area (Å²) in [7, 11) is 4.08. The molecule has 0 radical (unpaired) electrons. The van der Waals surface area contributed by atoms with Crippen molar-refractivity contribution >= 4 is 29.0 Å². The fourth-order valence-electron chi connectivity index (χ4n) is 3.47. The maximum absolute atomic E-state index is 13.9. The number of carbonyl (C=O) groups excluding carboxylic acids is 2. The fourth-order valence-corrected chi connectivity index (χ4v) is 3.47. The summed E-state index contributed by atoms with van der Waals surface area (Å²) < 4.78 is 30.4. The lowest BCUT2D eigenvalue weighted by Crippen LogP contribution is -2.32. The van der Waals surface area contributed by atoms with Crippen LogP contribution in [0.4, 0.5) is 20.7 Å². The average molecular weight is 479 g/mol.